The number of benzene rings is 2. The highest BCUT2D eigenvalue weighted by Gasteiger charge is 2.35. The number of nitro benzene ring substituents is 1. The number of amides is 1. The number of carbonyl (C=O) groups excluding carboxylic acids is 2. The average Bonchev–Trinajstić information content (AvgIpc) is 2.58. The quantitative estimate of drug-likeness (QED) is 0.462. The number of halogens is 4. The van der Waals surface area contributed by atoms with Gasteiger partial charge in [0, 0.05) is 17.2 Å². The van der Waals surface area contributed by atoms with E-state index in [0.717, 1.165) is 12.1 Å². The van der Waals surface area contributed by atoms with E-state index in [1.807, 2.05) is 5.32 Å². The fraction of sp³-hybridized carbons (Fsp3) is 0.125. The van der Waals surface area contributed by atoms with Gasteiger partial charge in [-0.3, -0.25) is 14.9 Å². The summed E-state index contributed by atoms with van der Waals surface area (Å²) in [6.07, 6.45) is -4.94. The Bertz CT molecular complexity index is 902. The van der Waals surface area contributed by atoms with Crippen LogP contribution in [0.1, 0.15) is 15.9 Å². The van der Waals surface area contributed by atoms with E-state index in [2.05, 4.69) is 0 Å². The average molecular weight is 403 g/mol. The molecule has 7 nitrogen and oxygen atoms in total. The van der Waals surface area contributed by atoms with Crippen LogP contribution in [-0.2, 0) is 15.7 Å². The molecule has 27 heavy (non-hydrogen) atoms. The van der Waals surface area contributed by atoms with Crippen molar-refractivity contribution in [2.75, 3.05) is 11.9 Å². The molecule has 11 heteroatoms. The number of carbonyl (C=O) groups is 2. The van der Waals surface area contributed by atoms with Crippen molar-refractivity contribution in [2.24, 2.45) is 0 Å². The molecular formula is C16H10ClF3N2O5. The van der Waals surface area contributed by atoms with Crippen LogP contribution in [0.5, 0.6) is 0 Å². The van der Waals surface area contributed by atoms with Gasteiger partial charge in [-0.15, -0.1) is 0 Å². The highest BCUT2D eigenvalue weighted by Crippen LogP contribution is 2.37. The van der Waals surface area contributed by atoms with Crippen LogP contribution in [0.25, 0.3) is 0 Å². The summed E-state index contributed by atoms with van der Waals surface area (Å²) in [5, 5.41) is 12.8. The Kier molecular flexibility index (Phi) is 6.01. The molecule has 0 radical (unpaired) electrons. The molecule has 1 N–H and O–H groups in total. The van der Waals surface area contributed by atoms with E-state index >= 15 is 0 Å². The number of hydrogen-bond donors (Lipinski definition) is 1. The van der Waals surface area contributed by atoms with Crippen molar-refractivity contribution in [3.8, 4) is 0 Å². The number of ether oxygens (including phenoxy) is 1. The minimum absolute atomic E-state index is 0.0571. The molecule has 142 valence electrons. The molecule has 2 aromatic rings. The first-order chi connectivity index (χ1) is 12.6. The molecule has 0 saturated heterocycles. The number of anilines is 1. The molecule has 0 aliphatic carbocycles. The van der Waals surface area contributed by atoms with Crippen molar-refractivity contribution in [1.29, 1.82) is 0 Å². The summed E-state index contributed by atoms with van der Waals surface area (Å²) >= 11 is 5.71. The summed E-state index contributed by atoms with van der Waals surface area (Å²) < 4.78 is 43.8. The lowest BCUT2D eigenvalue weighted by molar-refractivity contribution is -0.385. The summed E-state index contributed by atoms with van der Waals surface area (Å²) in [5.74, 6) is -1.95. The summed E-state index contributed by atoms with van der Waals surface area (Å²) in [7, 11) is 0. The molecule has 0 unspecified atom stereocenters. The van der Waals surface area contributed by atoms with E-state index in [1.165, 1.54) is 24.3 Å². The number of hydrogen-bond acceptors (Lipinski definition) is 5. The fourth-order valence-electron chi connectivity index (χ4n) is 2.01. The number of non-ortho nitro benzene ring substituents is 1. The molecule has 2 aromatic carbocycles. The predicted octanol–water partition coefficient (Wildman–Crippen LogP) is 4.06. The molecule has 1 amide bonds. The van der Waals surface area contributed by atoms with Gasteiger partial charge >= 0.3 is 12.1 Å². The van der Waals surface area contributed by atoms with Crippen molar-refractivity contribution in [2.45, 2.75) is 6.18 Å². The molecular weight excluding hydrogens is 393 g/mol. The second-order valence-electron chi connectivity index (χ2n) is 5.12. The van der Waals surface area contributed by atoms with Gasteiger partial charge in [0.05, 0.1) is 21.7 Å². The Balaban J connectivity index is 2.09. The maximum Gasteiger partial charge on any atom is 0.418 e. The largest absolute Gasteiger partial charge is 0.452 e. The third kappa shape index (κ3) is 5.42. The predicted molar refractivity (Wildman–Crippen MR) is 88.5 cm³/mol. The van der Waals surface area contributed by atoms with Gasteiger partial charge in [0.1, 0.15) is 0 Å². The van der Waals surface area contributed by atoms with E-state index in [1.54, 1.807) is 0 Å². The van der Waals surface area contributed by atoms with Gasteiger partial charge in [-0.25, -0.2) is 4.79 Å². The molecule has 0 fully saturated rings. The van der Waals surface area contributed by atoms with Crippen LogP contribution in [-0.4, -0.2) is 23.4 Å². The van der Waals surface area contributed by atoms with Crippen LogP contribution in [0.4, 0.5) is 24.5 Å². The lowest BCUT2D eigenvalue weighted by Gasteiger charge is -2.13. The molecule has 0 spiro atoms. The highest BCUT2D eigenvalue weighted by molar-refractivity contribution is 6.30. The molecule has 2 rings (SSSR count). The second kappa shape index (κ2) is 8.04. The first-order valence-electron chi connectivity index (χ1n) is 7.16. The number of nitro groups is 1. The molecule has 0 atom stereocenters. The van der Waals surface area contributed by atoms with E-state index in [4.69, 9.17) is 16.3 Å². The number of rotatable bonds is 5. The highest BCUT2D eigenvalue weighted by atomic mass is 35.5. The Morgan fingerprint density at radius 3 is 2.48 bits per heavy atom. The molecule has 0 aliphatic heterocycles. The molecule has 0 bridgehead atoms. The Labute approximate surface area is 154 Å². The zero-order valence-corrected chi connectivity index (χ0v) is 14.0. The van der Waals surface area contributed by atoms with Gasteiger partial charge in [-0.05, 0) is 24.3 Å². The third-order valence-corrected chi connectivity index (χ3v) is 3.42. The molecule has 0 aliphatic rings. The Hall–Kier alpha value is -3.14. The zero-order valence-electron chi connectivity index (χ0n) is 13.2. The minimum Gasteiger partial charge on any atom is -0.452 e. The fourth-order valence-corrected chi connectivity index (χ4v) is 2.20. The Morgan fingerprint density at radius 1 is 1.19 bits per heavy atom. The monoisotopic (exact) mass is 402 g/mol. The van der Waals surface area contributed by atoms with Crippen molar-refractivity contribution in [3.05, 3.63) is 68.7 Å². The maximum absolute atomic E-state index is 13.0. The second-order valence-corrected chi connectivity index (χ2v) is 5.56. The van der Waals surface area contributed by atoms with Crippen molar-refractivity contribution < 1.29 is 32.4 Å². The van der Waals surface area contributed by atoms with Crippen molar-refractivity contribution in [1.82, 2.24) is 0 Å². The van der Waals surface area contributed by atoms with Crippen LogP contribution in [0.15, 0.2) is 42.5 Å². The molecule has 0 saturated carbocycles. The van der Waals surface area contributed by atoms with E-state index in [-0.39, 0.29) is 10.6 Å². The van der Waals surface area contributed by atoms with Gasteiger partial charge in [-0.2, -0.15) is 13.2 Å². The first-order valence-corrected chi connectivity index (χ1v) is 7.54. The van der Waals surface area contributed by atoms with Crippen LogP contribution in [0.2, 0.25) is 5.02 Å². The maximum atomic E-state index is 13.0. The summed E-state index contributed by atoms with van der Waals surface area (Å²) in [4.78, 5) is 33.2. The van der Waals surface area contributed by atoms with E-state index in [9.17, 15) is 32.9 Å². The first kappa shape index (κ1) is 20.2. The number of alkyl halides is 3. The summed E-state index contributed by atoms with van der Waals surface area (Å²) in [6, 6.07) is 7.52. The molecule has 0 heterocycles. The molecule has 0 aromatic heterocycles. The standard InChI is InChI=1S/C16H10ClF3N2O5/c17-10-3-1-2-9(6-10)15(24)27-8-14(23)21-13-5-4-11(22(25)26)7-12(13)16(18,19)20/h1-7H,8H2,(H,21,23). The normalized spacial score (nSPS) is 11.0. The van der Waals surface area contributed by atoms with Crippen LogP contribution < -0.4 is 5.32 Å². The lowest BCUT2D eigenvalue weighted by atomic mass is 10.1. The third-order valence-electron chi connectivity index (χ3n) is 3.19. The SMILES string of the molecule is O=C(COC(=O)c1cccc(Cl)c1)Nc1ccc([N+](=O)[O-])cc1C(F)(F)F. The van der Waals surface area contributed by atoms with Gasteiger partial charge < -0.3 is 10.1 Å². The number of nitrogens with zero attached hydrogens (tertiary/aromatic N) is 1. The van der Waals surface area contributed by atoms with Gasteiger partial charge in [-0.1, -0.05) is 17.7 Å². The van der Waals surface area contributed by atoms with Gasteiger partial charge in [0.15, 0.2) is 6.61 Å². The van der Waals surface area contributed by atoms with Crippen molar-refractivity contribution >= 4 is 34.9 Å². The number of esters is 1. The minimum atomic E-state index is -4.94. The topological polar surface area (TPSA) is 98.5 Å². The Morgan fingerprint density at radius 2 is 1.89 bits per heavy atom. The number of nitrogens with one attached hydrogen (secondary N) is 1. The van der Waals surface area contributed by atoms with Crippen molar-refractivity contribution in [3.63, 3.8) is 0 Å². The van der Waals surface area contributed by atoms with Crippen LogP contribution in [0.3, 0.4) is 0 Å². The van der Waals surface area contributed by atoms with Crippen LogP contribution >= 0.6 is 11.6 Å². The smallest absolute Gasteiger partial charge is 0.418 e. The van der Waals surface area contributed by atoms with Gasteiger partial charge in [0.2, 0.25) is 0 Å². The zero-order chi connectivity index (χ0) is 20.2. The van der Waals surface area contributed by atoms with E-state index in [0.29, 0.717) is 6.07 Å². The lowest BCUT2D eigenvalue weighted by Crippen LogP contribution is -2.22. The summed E-state index contributed by atoms with van der Waals surface area (Å²) in [5.41, 5.74) is -2.82. The van der Waals surface area contributed by atoms with Gasteiger partial charge in [0.25, 0.3) is 11.6 Å². The van der Waals surface area contributed by atoms with E-state index < -0.39 is 46.5 Å². The van der Waals surface area contributed by atoms with Crippen LogP contribution in [0, 0.1) is 10.1 Å². The summed E-state index contributed by atoms with van der Waals surface area (Å²) in [6.45, 7) is -0.861.